The summed E-state index contributed by atoms with van der Waals surface area (Å²) in [6, 6.07) is 11.0. The summed E-state index contributed by atoms with van der Waals surface area (Å²) in [5, 5.41) is 0. The molecule has 0 amide bonds. The summed E-state index contributed by atoms with van der Waals surface area (Å²) in [7, 11) is 2.42. The third kappa shape index (κ3) is 12.9. The first-order chi connectivity index (χ1) is 12.2. The topological polar surface area (TPSA) is 0 Å². The Morgan fingerprint density at radius 1 is 0.654 bits per heavy atom. The fourth-order valence-electron chi connectivity index (χ4n) is 3.71. The zero-order valence-corrected chi connectivity index (χ0v) is 19.4. The summed E-state index contributed by atoms with van der Waals surface area (Å²) in [6.07, 6.45) is 17.2. The van der Waals surface area contributed by atoms with Gasteiger partial charge in [0, 0.05) is 5.56 Å². The van der Waals surface area contributed by atoms with E-state index in [-0.39, 0.29) is 17.0 Å². The first-order valence-corrected chi connectivity index (χ1v) is 11.1. The highest BCUT2D eigenvalue weighted by Crippen LogP contribution is 2.16. The van der Waals surface area contributed by atoms with Crippen LogP contribution in [-0.4, -0.2) is 24.6 Å². The molecule has 1 atom stereocenters. The smallest absolute Gasteiger partial charge is 0.104 e. The molecule has 0 bridgehead atoms. The van der Waals surface area contributed by atoms with Crippen molar-refractivity contribution in [2.45, 2.75) is 97.4 Å². The Balaban J connectivity index is 0.00000625. The average molecular weight is 427 g/mol. The molecular weight excluding hydrogens is 382 g/mol. The van der Waals surface area contributed by atoms with Crippen molar-refractivity contribution < 1.29 is 21.5 Å². The van der Waals surface area contributed by atoms with Gasteiger partial charge in [-0.15, -0.1) is 0 Å². The number of hydrogen-bond acceptors (Lipinski definition) is 0. The SMILES string of the molecule is CCCCCCCCCCCCCC[N+](C)(CC)Cc1ccccc1.[Br-]. The first-order valence-electron chi connectivity index (χ1n) is 11.1. The molecule has 1 nitrogen and oxygen atoms in total. The fourth-order valence-corrected chi connectivity index (χ4v) is 3.71. The minimum absolute atomic E-state index is 0. The zero-order chi connectivity index (χ0) is 18.2. The molecule has 0 N–H and O–H groups in total. The lowest BCUT2D eigenvalue weighted by Crippen LogP contribution is -3.00. The van der Waals surface area contributed by atoms with E-state index in [4.69, 9.17) is 0 Å². The molecule has 0 saturated heterocycles. The van der Waals surface area contributed by atoms with Gasteiger partial charge < -0.3 is 21.5 Å². The molecule has 0 aliphatic rings. The van der Waals surface area contributed by atoms with E-state index in [0.717, 1.165) is 0 Å². The van der Waals surface area contributed by atoms with Crippen molar-refractivity contribution in [2.24, 2.45) is 0 Å². The van der Waals surface area contributed by atoms with E-state index in [0.29, 0.717) is 0 Å². The van der Waals surface area contributed by atoms with Gasteiger partial charge in [0.25, 0.3) is 0 Å². The number of quaternary nitrogens is 1. The molecule has 0 aromatic heterocycles. The predicted molar refractivity (Wildman–Crippen MR) is 113 cm³/mol. The minimum atomic E-state index is 0. The second kappa shape index (κ2) is 16.8. The molecule has 0 aliphatic carbocycles. The van der Waals surface area contributed by atoms with Gasteiger partial charge in [0.05, 0.1) is 20.1 Å². The van der Waals surface area contributed by atoms with Gasteiger partial charge in [-0.25, -0.2) is 0 Å². The van der Waals surface area contributed by atoms with Crippen LogP contribution in [-0.2, 0) is 6.54 Å². The van der Waals surface area contributed by atoms with Crippen LogP contribution in [0.2, 0.25) is 0 Å². The van der Waals surface area contributed by atoms with Crippen molar-refractivity contribution in [3.8, 4) is 0 Å². The zero-order valence-electron chi connectivity index (χ0n) is 17.8. The Bertz CT molecular complexity index is 406. The summed E-state index contributed by atoms with van der Waals surface area (Å²) in [6.45, 7) is 8.36. The van der Waals surface area contributed by atoms with Crippen molar-refractivity contribution in [2.75, 3.05) is 20.1 Å². The largest absolute Gasteiger partial charge is 1.00 e. The lowest BCUT2D eigenvalue weighted by atomic mass is 10.0. The van der Waals surface area contributed by atoms with Crippen LogP contribution in [0, 0.1) is 0 Å². The summed E-state index contributed by atoms with van der Waals surface area (Å²) in [5.74, 6) is 0. The standard InChI is InChI=1S/C24H44N.BrH/c1-4-6-7-8-9-10-11-12-13-14-15-19-22-25(3,5-2)23-24-20-17-16-18-21-24;/h16-18,20-21H,4-15,19,22-23H2,1-3H3;1H/q+1;/p-1. The Kier molecular flexibility index (Phi) is 16.6. The van der Waals surface area contributed by atoms with Gasteiger partial charge in [0.2, 0.25) is 0 Å². The van der Waals surface area contributed by atoms with Crippen molar-refractivity contribution >= 4 is 0 Å². The van der Waals surface area contributed by atoms with Gasteiger partial charge in [-0.05, 0) is 19.8 Å². The number of unbranched alkanes of at least 4 members (excludes halogenated alkanes) is 11. The lowest BCUT2D eigenvalue weighted by Gasteiger charge is -2.33. The molecule has 0 fully saturated rings. The van der Waals surface area contributed by atoms with Crippen molar-refractivity contribution in [1.82, 2.24) is 0 Å². The van der Waals surface area contributed by atoms with E-state index < -0.39 is 0 Å². The highest BCUT2D eigenvalue weighted by Gasteiger charge is 2.18. The van der Waals surface area contributed by atoms with Crippen molar-refractivity contribution in [1.29, 1.82) is 0 Å². The van der Waals surface area contributed by atoms with Crippen LogP contribution < -0.4 is 17.0 Å². The number of nitrogens with zero attached hydrogens (tertiary/aromatic N) is 1. The molecule has 1 aromatic rings. The predicted octanol–water partition coefficient (Wildman–Crippen LogP) is 4.36. The van der Waals surface area contributed by atoms with Gasteiger partial charge in [-0.2, -0.15) is 0 Å². The third-order valence-corrected chi connectivity index (χ3v) is 5.72. The van der Waals surface area contributed by atoms with E-state index in [2.05, 4.69) is 51.2 Å². The molecule has 0 spiro atoms. The quantitative estimate of drug-likeness (QED) is 0.272. The van der Waals surface area contributed by atoms with Crippen LogP contribution in [0.25, 0.3) is 0 Å². The molecule has 1 unspecified atom stereocenters. The van der Waals surface area contributed by atoms with E-state index in [9.17, 15) is 0 Å². The summed E-state index contributed by atoms with van der Waals surface area (Å²) in [5.41, 5.74) is 1.48. The van der Waals surface area contributed by atoms with Gasteiger partial charge in [0.1, 0.15) is 6.54 Å². The lowest BCUT2D eigenvalue weighted by molar-refractivity contribution is -0.921. The molecule has 1 aromatic carbocycles. The Morgan fingerprint density at radius 3 is 1.58 bits per heavy atom. The Morgan fingerprint density at radius 2 is 1.12 bits per heavy atom. The summed E-state index contributed by atoms with van der Waals surface area (Å²) >= 11 is 0. The van der Waals surface area contributed by atoms with Crippen LogP contribution in [0.15, 0.2) is 30.3 Å². The molecule has 0 aliphatic heterocycles. The normalized spacial score (nSPS) is 13.2. The van der Waals surface area contributed by atoms with Gasteiger partial charge >= 0.3 is 0 Å². The first kappa shape index (κ1) is 25.7. The van der Waals surface area contributed by atoms with Crippen LogP contribution in [0.4, 0.5) is 0 Å². The molecule has 0 radical (unpaired) electrons. The average Bonchev–Trinajstić information content (AvgIpc) is 2.63. The van der Waals surface area contributed by atoms with E-state index >= 15 is 0 Å². The molecule has 0 heterocycles. The van der Waals surface area contributed by atoms with E-state index in [1.165, 1.54) is 107 Å². The van der Waals surface area contributed by atoms with E-state index in [1.54, 1.807) is 0 Å². The van der Waals surface area contributed by atoms with Crippen LogP contribution in [0.1, 0.15) is 96.5 Å². The van der Waals surface area contributed by atoms with Crippen LogP contribution >= 0.6 is 0 Å². The van der Waals surface area contributed by atoms with E-state index in [1.807, 2.05) is 0 Å². The molecular formula is C24H44BrN. The van der Waals surface area contributed by atoms with Crippen LogP contribution in [0.5, 0.6) is 0 Å². The number of rotatable bonds is 16. The minimum Gasteiger partial charge on any atom is -1.00 e. The Hall–Kier alpha value is -0.340. The highest BCUT2D eigenvalue weighted by molar-refractivity contribution is 5.13. The second-order valence-corrected chi connectivity index (χ2v) is 8.19. The van der Waals surface area contributed by atoms with Crippen LogP contribution in [0.3, 0.4) is 0 Å². The monoisotopic (exact) mass is 425 g/mol. The molecule has 152 valence electrons. The summed E-state index contributed by atoms with van der Waals surface area (Å²) < 4.78 is 1.18. The van der Waals surface area contributed by atoms with Gasteiger partial charge in [0.15, 0.2) is 0 Å². The summed E-state index contributed by atoms with van der Waals surface area (Å²) in [4.78, 5) is 0. The fraction of sp³-hybridized carbons (Fsp3) is 0.750. The maximum atomic E-state index is 2.42. The molecule has 26 heavy (non-hydrogen) atoms. The van der Waals surface area contributed by atoms with Gasteiger partial charge in [-0.1, -0.05) is 101 Å². The molecule has 0 saturated carbocycles. The second-order valence-electron chi connectivity index (χ2n) is 8.19. The third-order valence-electron chi connectivity index (χ3n) is 5.72. The number of halogens is 1. The number of benzene rings is 1. The Labute approximate surface area is 174 Å². The maximum absolute atomic E-state index is 2.42. The van der Waals surface area contributed by atoms with Gasteiger partial charge in [-0.3, -0.25) is 0 Å². The maximum Gasteiger partial charge on any atom is 0.104 e. The highest BCUT2D eigenvalue weighted by atomic mass is 79.9. The van der Waals surface area contributed by atoms with Crippen molar-refractivity contribution in [3.63, 3.8) is 0 Å². The number of hydrogen-bond donors (Lipinski definition) is 0. The molecule has 2 heteroatoms. The molecule has 1 rings (SSSR count). The van der Waals surface area contributed by atoms with Crippen molar-refractivity contribution in [3.05, 3.63) is 35.9 Å².